The summed E-state index contributed by atoms with van der Waals surface area (Å²) in [6.07, 6.45) is -0.548. The van der Waals surface area contributed by atoms with Gasteiger partial charge in [0.05, 0.1) is 18.2 Å². The fourth-order valence-corrected chi connectivity index (χ4v) is 2.33. The van der Waals surface area contributed by atoms with E-state index in [0.29, 0.717) is 31.9 Å². The average molecular weight is 332 g/mol. The van der Waals surface area contributed by atoms with Crippen LogP contribution in [0.25, 0.3) is 0 Å². The smallest absolute Gasteiger partial charge is 0.337 e. The Morgan fingerprint density at radius 3 is 2.71 bits per heavy atom. The molecule has 0 N–H and O–H groups in total. The van der Waals surface area contributed by atoms with Gasteiger partial charge in [0.1, 0.15) is 18.0 Å². The minimum atomic E-state index is -0.548. The number of hydrogen-bond acceptors (Lipinski definition) is 6. The number of nitrogens with zero attached hydrogens (tertiary/aromatic N) is 2. The van der Waals surface area contributed by atoms with E-state index in [1.165, 1.54) is 0 Å². The molecule has 0 aromatic heterocycles. The summed E-state index contributed by atoms with van der Waals surface area (Å²) in [5, 5.41) is 8.77. The van der Waals surface area contributed by atoms with Gasteiger partial charge in [0.2, 0.25) is 0 Å². The normalized spacial score (nSPS) is 18.7. The third-order valence-electron chi connectivity index (χ3n) is 3.48. The van der Waals surface area contributed by atoms with E-state index in [2.05, 4.69) is 11.0 Å². The van der Waals surface area contributed by atoms with Crippen LogP contribution in [0.1, 0.15) is 26.3 Å². The number of esters is 1. The third kappa shape index (κ3) is 5.84. The van der Waals surface area contributed by atoms with Gasteiger partial charge in [-0.25, -0.2) is 4.79 Å². The minimum Gasteiger partial charge on any atom is -0.492 e. The zero-order valence-corrected chi connectivity index (χ0v) is 14.4. The first kappa shape index (κ1) is 18.2. The second-order valence-electron chi connectivity index (χ2n) is 6.68. The van der Waals surface area contributed by atoms with Crippen molar-refractivity contribution in [1.82, 2.24) is 4.90 Å². The van der Waals surface area contributed by atoms with Crippen LogP contribution in [0.5, 0.6) is 5.75 Å². The molecule has 0 amide bonds. The summed E-state index contributed by atoms with van der Waals surface area (Å²) in [5.41, 5.74) is 0.0947. The predicted molar refractivity (Wildman–Crippen MR) is 88.7 cm³/mol. The molecule has 1 heterocycles. The Bertz CT molecular complexity index is 587. The summed E-state index contributed by atoms with van der Waals surface area (Å²) in [7, 11) is 0. The molecule has 2 rings (SSSR count). The van der Waals surface area contributed by atoms with Crippen molar-refractivity contribution in [2.75, 3.05) is 32.8 Å². The summed E-state index contributed by atoms with van der Waals surface area (Å²) in [5.74, 6) is 0.408. The fraction of sp³-hybridized carbons (Fsp3) is 0.556. The SMILES string of the molecule is CC(C)(C)OC(=O)[C@H]1CN(CCOc2ccc(C#N)cc2)CCO1. The van der Waals surface area contributed by atoms with E-state index < -0.39 is 11.7 Å². The Morgan fingerprint density at radius 2 is 2.08 bits per heavy atom. The number of carbonyl (C=O) groups excluding carboxylic acids is 1. The summed E-state index contributed by atoms with van der Waals surface area (Å²) in [6.45, 7) is 8.50. The van der Waals surface area contributed by atoms with E-state index in [1.807, 2.05) is 20.8 Å². The molecule has 6 heteroatoms. The van der Waals surface area contributed by atoms with Gasteiger partial charge in [-0.15, -0.1) is 0 Å². The van der Waals surface area contributed by atoms with Crippen molar-refractivity contribution < 1.29 is 19.0 Å². The number of rotatable bonds is 5. The van der Waals surface area contributed by atoms with Crippen LogP contribution in [0.2, 0.25) is 0 Å². The molecule has 1 fully saturated rings. The van der Waals surface area contributed by atoms with Gasteiger partial charge in [0, 0.05) is 19.6 Å². The van der Waals surface area contributed by atoms with Crippen LogP contribution in [-0.2, 0) is 14.3 Å². The topological polar surface area (TPSA) is 71.8 Å². The van der Waals surface area contributed by atoms with Crippen LogP contribution in [0.4, 0.5) is 0 Å². The van der Waals surface area contributed by atoms with Gasteiger partial charge >= 0.3 is 5.97 Å². The highest BCUT2D eigenvalue weighted by molar-refractivity contribution is 5.75. The van der Waals surface area contributed by atoms with Gasteiger partial charge < -0.3 is 14.2 Å². The van der Waals surface area contributed by atoms with Gasteiger partial charge in [-0.3, -0.25) is 4.90 Å². The molecule has 130 valence electrons. The van der Waals surface area contributed by atoms with Gasteiger partial charge in [-0.1, -0.05) is 0 Å². The van der Waals surface area contributed by atoms with E-state index in [4.69, 9.17) is 19.5 Å². The molecule has 0 bridgehead atoms. The van der Waals surface area contributed by atoms with E-state index in [-0.39, 0.29) is 5.97 Å². The Labute approximate surface area is 142 Å². The molecule has 0 unspecified atom stereocenters. The number of morpholine rings is 1. The second-order valence-corrected chi connectivity index (χ2v) is 6.68. The van der Waals surface area contributed by atoms with Crippen molar-refractivity contribution in [2.45, 2.75) is 32.5 Å². The van der Waals surface area contributed by atoms with E-state index in [0.717, 1.165) is 12.3 Å². The highest BCUT2D eigenvalue weighted by atomic mass is 16.6. The lowest BCUT2D eigenvalue weighted by Gasteiger charge is -2.33. The highest BCUT2D eigenvalue weighted by Gasteiger charge is 2.30. The molecule has 1 saturated heterocycles. The first-order valence-corrected chi connectivity index (χ1v) is 8.07. The van der Waals surface area contributed by atoms with Gasteiger partial charge in [0.25, 0.3) is 0 Å². The first-order valence-electron chi connectivity index (χ1n) is 8.07. The number of carbonyl (C=O) groups is 1. The molecular weight excluding hydrogens is 308 g/mol. The lowest BCUT2D eigenvalue weighted by Crippen LogP contribution is -2.48. The monoisotopic (exact) mass is 332 g/mol. The van der Waals surface area contributed by atoms with Crippen molar-refractivity contribution in [3.63, 3.8) is 0 Å². The number of ether oxygens (including phenoxy) is 3. The fourth-order valence-electron chi connectivity index (χ4n) is 2.33. The molecular formula is C18H24N2O4. The maximum atomic E-state index is 12.1. The average Bonchev–Trinajstić information content (AvgIpc) is 2.54. The minimum absolute atomic E-state index is 0.319. The molecule has 1 aromatic carbocycles. The number of benzene rings is 1. The molecule has 24 heavy (non-hydrogen) atoms. The zero-order chi connectivity index (χ0) is 17.6. The van der Waals surface area contributed by atoms with Crippen LogP contribution in [-0.4, -0.2) is 55.4 Å². The quantitative estimate of drug-likeness (QED) is 0.768. The second kappa shape index (κ2) is 8.13. The van der Waals surface area contributed by atoms with Crippen molar-refractivity contribution in [2.24, 2.45) is 0 Å². The molecule has 1 aliphatic rings. The lowest BCUT2D eigenvalue weighted by atomic mass is 10.2. The summed E-state index contributed by atoms with van der Waals surface area (Å²) < 4.78 is 16.6. The first-order chi connectivity index (χ1) is 11.4. The van der Waals surface area contributed by atoms with E-state index in [9.17, 15) is 4.79 Å². The molecule has 0 spiro atoms. The largest absolute Gasteiger partial charge is 0.492 e. The Kier molecular flexibility index (Phi) is 6.18. The molecule has 1 aromatic rings. The Balaban J connectivity index is 1.76. The molecule has 1 aliphatic heterocycles. The van der Waals surface area contributed by atoms with Crippen LogP contribution in [0.15, 0.2) is 24.3 Å². The maximum absolute atomic E-state index is 12.1. The zero-order valence-electron chi connectivity index (χ0n) is 14.4. The highest BCUT2D eigenvalue weighted by Crippen LogP contribution is 2.14. The van der Waals surface area contributed by atoms with E-state index >= 15 is 0 Å². The van der Waals surface area contributed by atoms with Crippen LogP contribution >= 0.6 is 0 Å². The molecule has 0 saturated carbocycles. The lowest BCUT2D eigenvalue weighted by molar-refractivity contribution is -0.174. The molecule has 1 atom stereocenters. The van der Waals surface area contributed by atoms with Gasteiger partial charge in [-0.2, -0.15) is 5.26 Å². The summed E-state index contributed by atoms with van der Waals surface area (Å²) in [4.78, 5) is 14.2. The van der Waals surface area contributed by atoms with Crippen LogP contribution in [0, 0.1) is 11.3 Å². The maximum Gasteiger partial charge on any atom is 0.337 e. The molecule has 0 radical (unpaired) electrons. The Morgan fingerprint density at radius 1 is 1.38 bits per heavy atom. The van der Waals surface area contributed by atoms with Crippen molar-refractivity contribution >= 4 is 5.97 Å². The van der Waals surface area contributed by atoms with Crippen LogP contribution in [0.3, 0.4) is 0 Å². The predicted octanol–water partition coefficient (Wildman–Crippen LogP) is 1.98. The number of nitriles is 1. The molecule has 0 aliphatic carbocycles. The number of hydrogen-bond donors (Lipinski definition) is 0. The van der Waals surface area contributed by atoms with E-state index in [1.54, 1.807) is 24.3 Å². The van der Waals surface area contributed by atoms with Gasteiger partial charge in [0.15, 0.2) is 6.10 Å². The Hall–Kier alpha value is -2.10. The standard InChI is InChI=1S/C18H24N2O4/c1-18(2,3)24-17(21)16-13-20(9-11-23-16)8-10-22-15-6-4-14(12-19)5-7-15/h4-7,16H,8-11,13H2,1-3H3/t16-/m1/s1. The summed E-state index contributed by atoms with van der Waals surface area (Å²) >= 11 is 0. The van der Waals surface area contributed by atoms with Crippen molar-refractivity contribution in [1.29, 1.82) is 5.26 Å². The third-order valence-corrected chi connectivity index (χ3v) is 3.48. The van der Waals surface area contributed by atoms with Gasteiger partial charge in [-0.05, 0) is 45.0 Å². The van der Waals surface area contributed by atoms with Crippen molar-refractivity contribution in [3.05, 3.63) is 29.8 Å². The van der Waals surface area contributed by atoms with Crippen molar-refractivity contribution in [3.8, 4) is 11.8 Å². The molecule has 6 nitrogen and oxygen atoms in total. The van der Waals surface area contributed by atoms with Crippen LogP contribution < -0.4 is 4.74 Å². The summed E-state index contributed by atoms with van der Waals surface area (Å²) in [6, 6.07) is 9.08.